The van der Waals surface area contributed by atoms with Gasteiger partial charge in [0.05, 0.1) is 0 Å². The molecule has 11 heavy (non-hydrogen) atoms. The molecule has 1 atom stereocenters. The van der Waals surface area contributed by atoms with E-state index in [0.717, 1.165) is 12.8 Å². The highest BCUT2D eigenvalue weighted by Gasteiger charge is 2.30. The van der Waals surface area contributed by atoms with Crippen LogP contribution < -0.4 is 0 Å². The highest BCUT2D eigenvalue weighted by atomic mass is 16.5. The second kappa shape index (κ2) is 3.51. The van der Waals surface area contributed by atoms with Gasteiger partial charge in [0.15, 0.2) is 0 Å². The molecule has 0 N–H and O–H groups in total. The van der Waals surface area contributed by atoms with Gasteiger partial charge in [0, 0.05) is 0 Å². The van der Waals surface area contributed by atoms with Crippen LogP contribution in [-0.2, 0) is 14.3 Å². The number of esters is 1. The molecule has 0 aromatic heterocycles. The smallest absolute Gasteiger partial charge is 0.313 e. The summed E-state index contributed by atoms with van der Waals surface area (Å²) in [5, 5.41) is 0. The molecule has 0 aromatic carbocycles. The minimum Gasteiger partial charge on any atom is -0.462 e. The predicted octanol–water partition coefficient (Wildman–Crippen LogP) is 0.917. The van der Waals surface area contributed by atoms with Crippen LogP contribution in [0.3, 0.4) is 0 Å². The van der Waals surface area contributed by atoms with Gasteiger partial charge in [-0.15, -0.1) is 0 Å². The van der Waals surface area contributed by atoms with Crippen molar-refractivity contribution in [3.63, 3.8) is 0 Å². The van der Waals surface area contributed by atoms with Gasteiger partial charge in [-0.2, -0.15) is 0 Å². The topological polar surface area (TPSA) is 43.4 Å². The van der Waals surface area contributed by atoms with Crippen molar-refractivity contribution >= 4 is 12.3 Å². The van der Waals surface area contributed by atoms with Crippen LogP contribution in [0.4, 0.5) is 0 Å². The molecule has 1 unspecified atom stereocenters. The minimum atomic E-state index is -0.403. The summed E-state index contributed by atoms with van der Waals surface area (Å²) in [4.78, 5) is 20.6. The van der Waals surface area contributed by atoms with Gasteiger partial charge in [-0.25, -0.2) is 0 Å². The van der Waals surface area contributed by atoms with Crippen molar-refractivity contribution in [2.45, 2.75) is 32.3 Å². The van der Waals surface area contributed by atoms with Crippen molar-refractivity contribution < 1.29 is 14.3 Å². The van der Waals surface area contributed by atoms with Gasteiger partial charge in [-0.05, 0) is 25.7 Å². The zero-order valence-electron chi connectivity index (χ0n) is 6.58. The van der Waals surface area contributed by atoms with Crippen molar-refractivity contribution in [3.8, 4) is 0 Å². The van der Waals surface area contributed by atoms with Gasteiger partial charge >= 0.3 is 5.97 Å². The molecule has 1 rings (SSSR count). The fraction of sp³-hybridized carbons (Fsp3) is 0.750. The Morgan fingerprint density at radius 3 is 2.82 bits per heavy atom. The average Bonchev–Trinajstić information content (AvgIpc) is 2.67. The summed E-state index contributed by atoms with van der Waals surface area (Å²) >= 11 is 0. The number of rotatable bonds is 4. The number of carbonyl (C=O) groups is 2. The molecule has 0 aliphatic heterocycles. The normalized spacial score (nSPS) is 19.0. The number of hydrogen-bond acceptors (Lipinski definition) is 3. The Morgan fingerprint density at radius 2 is 2.36 bits per heavy atom. The Bertz CT molecular complexity index is 161. The maximum absolute atomic E-state index is 10.7. The largest absolute Gasteiger partial charge is 0.462 e. The van der Waals surface area contributed by atoms with E-state index in [2.05, 4.69) is 0 Å². The first-order valence-electron chi connectivity index (χ1n) is 3.87. The van der Waals surface area contributed by atoms with E-state index in [4.69, 9.17) is 4.74 Å². The van der Waals surface area contributed by atoms with E-state index < -0.39 is 5.97 Å². The van der Waals surface area contributed by atoms with E-state index >= 15 is 0 Å². The highest BCUT2D eigenvalue weighted by molar-refractivity contribution is 5.83. The summed E-state index contributed by atoms with van der Waals surface area (Å²) in [7, 11) is 0. The first-order valence-corrected chi connectivity index (χ1v) is 3.87. The molecule has 0 spiro atoms. The van der Waals surface area contributed by atoms with Crippen LogP contribution in [0.25, 0.3) is 0 Å². The SMILES string of the molecule is CC(OC(=O)CC=O)C1CC1. The lowest BCUT2D eigenvalue weighted by Gasteiger charge is -2.09. The van der Waals surface area contributed by atoms with Gasteiger partial charge in [0.25, 0.3) is 0 Å². The maximum atomic E-state index is 10.7. The lowest BCUT2D eigenvalue weighted by Crippen LogP contribution is -2.16. The molecule has 1 fully saturated rings. The summed E-state index contributed by atoms with van der Waals surface area (Å²) in [6, 6.07) is 0. The molecule has 0 heterocycles. The monoisotopic (exact) mass is 156 g/mol. The van der Waals surface area contributed by atoms with Crippen molar-refractivity contribution in [3.05, 3.63) is 0 Å². The number of hydrogen-bond donors (Lipinski definition) is 0. The van der Waals surface area contributed by atoms with Crippen LogP contribution in [-0.4, -0.2) is 18.4 Å². The molecule has 0 saturated heterocycles. The molecule has 0 amide bonds. The summed E-state index contributed by atoms with van der Waals surface area (Å²) in [5.74, 6) is 0.144. The van der Waals surface area contributed by atoms with Crippen LogP contribution in [0.5, 0.6) is 0 Å². The zero-order valence-corrected chi connectivity index (χ0v) is 6.58. The lowest BCUT2D eigenvalue weighted by atomic mass is 10.3. The molecule has 1 aliphatic carbocycles. The number of ether oxygens (including phenoxy) is 1. The highest BCUT2D eigenvalue weighted by Crippen LogP contribution is 2.33. The Morgan fingerprint density at radius 1 is 1.73 bits per heavy atom. The minimum absolute atomic E-state index is 0.00227. The molecule has 1 aliphatic rings. The van der Waals surface area contributed by atoms with Gasteiger partial charge in [-0.3, -0.25) is 4.79 Å². The Labute approximate surface area is 65.7 Å². The van der Waals surface area contributed by atoms with Crippen LogP contribution >= 0.6 is 0 Å². The summed E-state index contributed by atoms with van der Waals surface area (Å²) < 4.78 is 4.94. The summed E-state index contributed by atoms with van der Waals surface area (Å²) in [6.45, 7) is 1.88. The van der Waals surface area contributed by atoms with E-state index in [-0.39, 0.29) is 12.5 Å². The lowest BCUT2D eigenvalue weighted by molar-refractivity contribution is -0.149. The molecule has 0 aromatic rings. The van der Waals surface area contributed by atoms with E-state index in [1.807, 2.05) is 6.92 Å². The molecule has 1 saturated carbocycles. The fourth-order valence-electron chi connectivity index (χ4n) is 0.985. The van der Waals surface area contributed by atoms with Crippen LogP contribution in [0.15, 0.2) is 0 Å². The second-order valence-corrected chi connectivity index (χ2v) is 2.90. The van der Waals surface area contributed by atoms with Gasteiger partial charge in [0.2, 0.25) is 0 Å². The molecular weight excluding hydrogens is 144 g/mol. The molecule has 3 nitrogen and oxygen atoms in total. The first kappa shape index (κ1) is 8.24. The molecular formula is C8H12O3. The van der Waals surface area contributed by atoms with Crippen molar-refractivity contribution in [1.29, 1.82) is 0 Å². The van der Waals surface area contributed by atoms with E-state index in [0.29, 0.717) is 12.2 Å². The third-order valence-corrected chi connectivity index (χ3v) is 1.85. The Kier molecular flexibility index (Phi) is 2.63. The van der Waals surface area contributed by atoms with Crippen molar-refractivity contribution in [2.24, 2.45) is 5.92 Å². The van der Waals surface area contributed by atoms with Crippen molar-refractivity contribution in [1.82, 2.24) is 0 Å². The quantitative estimate of drug-likeness (QED) is 0.345. The maximum Gasteiger partial charge on any atom is 0.313 e. The number of aldehydes is 1. The van der Waals surface area contributed by atoms with Crippen LogP contribution in [0, 0.1) is 5.92 Å². The van der Waals surface area contributed by atoms with E-state index in [9.17, 15) is 9.59 Å². The zero-order chi connectivity index (χ0) is 8.27. The average molecular weight is 156 g/mol. The Balaban J connectivity index is 2.17. The standard InChI is InChI=1S/C8H12O3/c1-6(7-2-3-7)11-8(10)4-5-9/h5-7H,2-4H2,1H3. The number of carbonyl (C=O) groups excluding carboxylic acids is 2. The van der Waals surface area contributed by atoms with Gasteiger partial charge in [0.1, 0.15) is 18.8 Å². The molecule has 0 radical (unpaired) electrons. The van der Waals surface area contributed by atoms with Crippen molar-refractivity contribution in [2.75, 3.05) is 0 Å². The third kappa shape index (κ3) is 2.70. The molecule has 0 bridgehead atoms. The summed E-state index contributed by atoms with van der Waals surface area (Å²) in [5.41, 5.74) is 0. The molecule has 62 valence electrons. The summed E-state index contributed by atoms with van der Waals surface area (Å²) in [6.07, 6.45) is 2.76. The van der Waals surface area contributed by atoms with Crippen LogP contribution in [0.2, 0.25) is 0 Å². The fourth-order valence-corrected chi connectivity index (χ4v) is 0.985. The van der Waals surface area contributed by atoms with Gasteiger partial charge < -0.3 is 9.53 Å². The third-order valence-electron chi connectivity index (χ3n) is 1.85. The van der Waals surface area contributed by atoms with Gasteiger partial charge in [-0.1, -0.05) is 0 Å². The molecule has 3 heteroatoms. The first-order chi connectivity index (χ1) is 5.24. The van der Waals surface area contributed by atoms with E-state index in [1.54, 1.807) is 0 Å². The predicted molar refractivity (Wildman–Crippen MR) is 39.0 cm³/mol. The Hall–Kier alpha value is -0.860. The second-order valence-electron chi connectivity index (χ2n) is 2.90. The van der Waals surface area contributed by atoms with Crippen LogP contribution in [0.1, 0.15) is 26.2 Å². The van der Waals surface area contributed by atoms with E-state index in [1.165, 1.54) is 0 Å².